The van der Waals surface area contributed by atoms with E-state index in [2.05, 4.69) is 9.71 Å². The maximum Gasteiger partial charge on any atom is 0.333 e. The molecule has 3 aliphatic rings. The van der Waals surface area contributed by atoms with Crippen LogP contribution < -0.4 is 20.7 Å². The SMILES string of the molecule is COc1ccccc1[C@H](Cn1c(=O)n(C(C)(C)C(=O)NS(=O)(=O)C2(C)CC2)c(=O)c2c(C)c(-c3ncco3)sc21)O[C@@H]1C[C@H]2CC[C@@H](C1)O2. The fourth-order valence-electron chi connectivity index (χ4n) is 6.92. The summed E-state index contributed by atoms with van der Waals surface area (Å²) in [6.45, 7) is 5.99. The van der Waals surface area contributed by atoms with Crippen molar-refractivity contribution >= 4 is 37.5 Å². The molecule has 7 rings (SSSR count). The van der Waals surface area contributed by atoms with Gasteiger partial charge in [-0.25, -0.2) is 22.8 Å². The summed E-state index contributed by atoms with van der Waals surface area (Å²) in [5, 5.41) is 0.193. The summed E-state index contributed by atoms with van der Waals surface area (Å²) in [4.78, 5) is 48.1. The highest BCUT2D eigenvalue weighted by Crippen LogP contribution is 2.43. The predicted molar refractivity (Wildman–Crippen MR) is 182 cm³/mol. The van der Waals surface area contributed by atoms with Crippen LogP contribution in [-0.4, -0.2) is 58.6 Å². The van der Waals surface area contributed by atoms with E-state index in [9.17, 15) is 22.8 Å². The van der Waals surface area contributed by atoms with E-state index in [-0.39, 0.29) is 36.1 Å². The number of hydrogen-bond donors (Lipinski definition) is 1. The van der Waals surface area contributed by atoms with Crippen LogP contribution in [0, 0.1) is 6.92 Å². The number of ether oxygens (including phenoxy) is 3. The molecule has 1 aliphatic carbocycles. The molecule has 49 heavy (non-hydrogen) atoms. The van der Waals surface area contributed by atoms with E-state index < -0.39 is 43.6 Å². The first-order chi connectivity index (χ1) is 23.2. The lowest BCUT2D eigenvalue weighted by Gasteiger charge is -2.33. The van der Waals surface area contributed by atoms with Crippen LogP contribution in [0.2, 0.25) is 0 Å². The van der Waals surface area contributed by atoms with E-state index >= 15 is 0 Å². The number of para-hydroxylation sites is 1. The minimum atomic E-state index is -4.06. The van der Waals surface area contributed by atoms with Crippen LogP contribution in [0.5, 0.6) is 5.75 Å². The van der Waals surface area contributed by atoms with Gasteiger partial charge in [0, 0.05) is 5.56 Å². The van der Waals surface area contributed by atoms with Crippen molar-refractivity contribution in [3.05, 3.63) is 68.7 Å². The molecule has 262 valence electrons. The van der Waals surface area contributed by atoms with Crippen LogP contribution in [0.1, 0.15) is 76.5 Å². The average Bonchev–Trinajstić information content (AvgIpc) is 3.35. The standard InChI is InChI=1S/C34H40N4O9S2/c1-19-26-29(39)38(33(2,3)31(40)36-49(42,43)34(4)12-13-34)32(41)37(30(26)48-27(19)28-35-14-15-45-28)18-25(23-8-6-7-9-24(23)44-5)47-22-16-20-10-11-21(17-22)46-20/h6-9,14-15,20-22,25H,10-13,16-18H2,1-5H3,(H,36,40)/t20-,21+,22-,25-/m0/s1. The molecular formula is C34H40N4O9S2. The molecule has 0 radical (unpaired) electrons. The molecule has 4 atom stereocenters. The number of rotatable bonds is 11. The van der Waals surface area contributed by atoms with Crippen molar-refractivity contribution in [2.24, 2.45) is 0 Å². The van der Waals surface area contributed by atoms with Gasteiger partial charge in [-0.1, -0.05) is 18.2 Å². The third kappa shape index (κ3) is 5.83. The number of benzene rings is 1. The average molecular weight is 713 g/mol. The number of methoxy groups -OCH3 is 1. The molecule has 15 heteroatoms. The summed E-state index contributed by atoms with van der Waals surface area (Å²) in [7, 11) is -2.49. The number of oxazole rings is 1. The minimum absolute atomic E-state index is 0.0400. The maximum absolute atomic E-state index is 14.7. The highest BCUT2D eigenvalue weighted by molar-refractivity contribution is 7.91. The Morgan fingerprint density at radius 2 is 1.88 bits per heavy atom. The normalized spacial score (nSPS) is 22.3. The number of amides is 1. The monoisotopic (exact) mass is 712 g/mol. The zero-order chi connectivity index (χ0) is 34.9. The molecular weight excluding hydrogens is 673 g/mol. The van der Waals surface area contributed by atoms with E-state index in [1.54, 1.807) is 21.0 Å². The second kappa shape index (κ2) is 12.2. The van der Waals surface area contributed by atoms with Crippen molar-refractivity contribution in [3.8, 4) is 16.5 Å². The Morgan fingerprint density at radius 1 is 1.18 bits per heavy atom. The Labute approximate surface area is 287 Å². The van der Waals surface area contributed by atoms with Gasteiger partial charge in [0.15, 0.2) is 0 Å². The van der Waals surface area contributed by atoms with Crippen molar-refractivity contribution in [1.82, 2.24) is 18.8 Å². The second-order valence-corrected chi connectivity index (χ2v) is 17.2. The summed E-state index contributed by atoms with van der Waals surface area (Å²) in [5.74, 6) is -0.136. The lowest BCUT2D eigenvalue weighted by atomic mass is 10.0. The Kier molecular flexibility index (Phi) is 8.40. The number of hydrogen-bond acceptors (Lipinski definition) is 11. The van der Waals surface area contributed by atoms with Crippen molar-refractivity contribution in [1.29, 1.82) is 0 Å². The first kappa shape index (κ1) is 33.7. The molecule has 4 aromatic rings. The van der Waals surface area contributed by atoms with Crippen LogP contribution in [-0.2, 0) is 36.4 Å². The minimum Gasteiger partial charge on any atom is -0.496 e. The summed E-state index contributed by atoms with van der Waals surface area (Å²) in [6.07, 6.45) is 6.45. The lowest BCUT2D eigenvalue weighted by Crippen LogP contribution is -2.57. The van der Waals surface area contributed by atoms with Gasteiger partial charge in [0.25, 0.3) is 11.5 Å². The predicted octanol–water partition coefficient (Wildman–Crippen LogP) is 4.40. The van der Waals surface area contributed by atoms with Crippen LogP contribution >= 0.6 is 11.3 Å². The first-order valence-electron chi connectivity index (χ1n) is 16.4. The van der Waals surface area contributed by atoms with Crippen molar-refractivity contribution in [2.75, 3.05) is 7.11 Å². The van der Waals surface area contributed by atoms with Gasteiger partial charge in [-0.2, -0.15) is 0 Å². The maximum atomic E-state index is 14.7. The third-order valence-electron chi connectivity index (χ3n) is 10.2. The Hall–Kier alpha value is -3.79. The molecule has 1 saturated carbocycles. The largest absolute Gasteiger partial charge is 0.496 e. The zero-order valence-electron chi connectivity index (χ0n) is 28.1. The van der Waals surface area contributed by atoms with Gasteiger partial charge in [-0.3, -0.25) is 18.9 Å². The molecule has 2 bridgehead atoms. The van der Waals surface area contributed by atoms with Gasteiger partial charge in [-0.15, -0.1) is 11.3 Å². The second-order valence-electron chi connectivity index (χ2n) is 14.0. The summed E-state index contributed by atoms with van der Waals surface area (Å²) in [6, 6.07) is 7.42. The van der Waals surface area contributed by atoms with Gasteiger partial charge in [0.1, 0.15) is 28.5 Å². The van der Waals surface area contributed by atoms with E-state index in [1.165, 1.54) is 42.2 Å². The van der Waals surface area contributed by atoms with E-state index in [4.69, 9.17) is 18.6 Å². The first-order valence-corrected chi connectivity index (χ1v) is 18.7. The molecule has 3 aromatic heterocycles. The zero-order valence-corrected chi connectivity index (χ0v) is 29.7. The number of sulfonamides is 1. The van der Waals surface area contributed by atoms with Crippen molar-refractivity contribution in [3.63, 3.8) is 0 Å². The molecule has 0 unspecified atom stereocenters. The third-order valence-corrected chi connectivity index (χ3v) is 13.7. The molecule has 3 fully saturated rings. The lowest BCUT2D eigenvalue weighted by molar-refractivity contribution is -0.126. The van der Waals surface area contributed by atoms with Gasteiger partial charge in [0.05, 0.1) is 53.2 Å². The van der Waals surface area contributed by atoms with Gasteiger partial charge in [-0.05, 0) is 77.8 Å². The summed E-state index contributed by atoms with van der Waals surface area (Å²) >= 11 is 1.18. The van der Waals surface area contributed by atoms with Crippen LogP contribution in [0.25, 0.3) is 21.0 Å². The number of nitrogens with zero attached hydrogens (tertiary/aromatic N) is 3. The molecule has 13 nitrogen and oxygen atoms in total. The highest BCUT2D eigenvalue weighted by atomic mass is 32.2. The van der Waals surface area contributed by atoms with E-state index in [1.807, 2.05) is 24.3 Å². The Balaban J connectivity index is 1.39. The van der Waals surface area contributed by atoms with Crippen LogP contribution in [0.15, 0.2) is 50.7 Å². The summed E-state index contributed by atoms with van der Waals surface area (Å²) in [5.41, 5.74) is -2.19. The van der Waals surface area contributed by atoms with Gasteiger partial charge >= 0.3 is 5.69 Å². The molecule has 5 heterocycles. The van der Waals surface area contributed by atoms with E-state index in [0.717, 1.165) is 17.4 Å². The molecule has 1 aromatic carbocycles. The number of nitrogens with one attached hydrogen (secondary N) is 1. The number of fused-ring (bicyclic) bond motifs is 3. The number of carbonyl (C=O) groups excluding carboxylic acids is 1. The molecule has 2 saturated heterocycles. The highest BCUT2D eigenvalue weighted by Gasteiger charge is 2.52. The summed E-state index contributed by atoms with van der Waals surface area (Å²) < 4.78 is 53.8. The van der Waals surface area contributed by atoms with Crippen molar-refractivity contribution in [2.45, 2.75) is 107 Å². The molecule has 2 aliphatic heterocycles. The van der Waals surface area contributed by atoms with Gasteiger partial charge < -0.3 is 18.6 Å². The smallest absolute Gasteiger partial charge is 0.333 e. The fraction of sp³-hybridized carbons (Fsp3) is 0.529. The van der Waals surface area contributed by atoms with Crippen LogP contribution in [0.3, 0.4) is 0 Å². The molecule has 1 amide bonds. The topological polar surface area (TPSA) is 161 Å². The molecule has 1 N–H and O–H groups in total. The number of aryl methyl sites for hydroxylation is 1. The molecule has 0 spiro atoms. The number of carbonyl (C=O) groups is 1. The Bertz CT molecular complexity index is 2130. The quantitative estimate of drug-likeness (QED) is 0.236. The fourth-order valence-corrected chi connectivity index (χ4v) is 9.54. The Morgan fingerprint density at radius 3 is 2.51 bits per heavy atom. The van der Waals surface area contributed by atoms with Crippen molar-refractivity contribution < 1.29 is 31.8 Å². The van der Waals surface area contributed by atoms with Crippen LogP contribution in [0.4, 0.5) is 0 Å². The number of thiophene rings is 1. The van der Waals surface area contributed by atoms with E-state index in [0.29, 0.717) is 52.3 Å². The number of aromatic nitrogens is 3. The van der Waals surface area contributed by atoms with Gasteiger partial charge in [0.2, 0.25) is 15.9 Å².